The number of carboxylic acid groups (broad SMARTS) is 1. The Morgan fingerprint density at radius 3 is 2.62 bits per heavy atom. The number of carboxylic acids is 1. The molecule has 16 heavy (non-hydrogen) atoms. The van der Waals surface area contributed by atoms with Gasteiger partial charge in [-0.2, -0.15) is 24.9 Å². The van der Waals surface area contributed by atoms with Crippen molar-refractivity contribution >= 4 is 17.7 Å². The molecule has 0 radical (unpaired) electrons. The first-order valence-corrected chi connectivity index (χ1v) is 6.05. The Kier molecular flexibility index (Phi) is 4.49. The van der Waals surface area contributed by atoms with Crippen LogP contribution < -0.4 is 0 Å². The number of aliphatic carboxylic acids is 1. The first-order valence-electron chi connectivity index (χ1n) is 4.90. The van der Waals surface area contributed by atoms with Crippen LogP contribution in [0, 0.1) is 5.92 Å². The molecule has 0 aromatic carbocycles. The lowest BCUT2D eigenvalue weighted by molar-refractivity contribution is -0.196. The van der Waals surface area contributed by atoms with Crippen LogP contribution >= 0.6 is 11.8 Å². The lowest BCUT2D eigenvalue weighted by atomic mass is 10.1. The summed E-state index contributed by atoms with van der Waals surface area (Å²) in [6.45, 7) is -0.468. The molecule has 3 nitrogen and oxygen atoms in total. The van der Waals surface area contributed by atoms with Gasteiger partial charge in [0.05, 0.1) is 0 Å². The fourth-order valence-corrected chi connectivity index (χ4v) is 2.93. The summed E-state index contributed by atoms with van der Waals surface area (Å²) >= 11 is 1.68. The van der Waals surface area contributed by atoms with Crippen LogP contribution in [-0.2, 0) is 4.79 Å². The van der Waals surface area contributed by atoms with Gasteiger partial charge < -0.3 is 10.0 Å². The molecule has 0 amide bonds. The van der Waals surface area contributed by atoms with E-state index in [9.17, 15) is 18.0 Å². The molecule has 1 N–H and O–H groups in total. The van der Waals surface area contributed by atoms with Crippen LogP contribution in [0.25, 0.3) is 0 Å². The number of nitrogens with zero attached hydrogens (tertiary/aromatic N) is 1. The topological polar surface area (TPSA) is 40.5 Å². The van der Waals surface area contributed by atoms with Gasteiger partial charge in [0.15, 0.2) is 5.92 Å². The second-order valence-electron chi connectivity index (χ2n) is 3.89. The van der Waals surface area contributed by atoms with E-state index in [2.05, 4.69) is 0 Å². The van der Waals surface area contributed by atoms with Gasteiger partial charge in [-0.1, -0.05) is 0 Å². The zero-order valence-electron chi connectivity index (χ0n) is 8.83. The smallest absolute Gasteiger partial charge is 0.403 e. The molecule has 0 aromatic heterocycles. The molecular weight excluding hydrogens is 243 g/mol. The molecule has 1 heterocycles. The number of carbonyl (C=O) groups is 1. The Hall–Kier alpha value is -0.430. The molecule has 1 aliphatic heterocycles. The minimum atomic E-state index is -4.67. The molecule has 0 spiro atoms. The number of halogens is 3. The molecule has 2 atom stereocenters. The summed E-state index contributed by atoms with van der Waals surface area (Å²) in [6.07, 6.45) is -3.85. The van der Waals surface area contributed by atoms with E-state index in [-0.39, 0.29) is 6.04 Å². The second-order valence-corrected chi connectivity index (χ2v) is 5.04. The number of alkyl halides is 3. The number of hydrogen-bond acceptors (Lipinski definition) is 3. The van der Waals surface area contributed by atoms with Crippen molar-refractivity contribution < 1.29 is 23.1 Å². The molecule has 0 saturated carbocycles. The van der Waals surface area contributed by atoms with Gasteiger partial charge >= 0.3 is 12.1 Å². The molecule has 7 heteroatoms. The maximum absolute atomic E-state index is 12.4. The second kappa shape index (κ2) is 5.27. The minimum absolute atomic E-state index is 0.0641. The van der Waals surface area contributed by atoms with E-state index in [0.717, 1.165) is 17.9 Å². The molecule has 1 aliphatic rings. The largest absolute Gasteiger partial charge is 0.481 e. The van der Waals surface area contributed by atoms with Gasteiger partial charge in [0.1, 0.15) is 0 Å². The normalized spacial score (nSPS) is 23.7. The summed E-state index contributed by atoms with van der Waals surface area (Å²) in [7, 11) is 1.55. The molecule has 1 fully saturated rings. The van der Waals surface area contributed by atoms with E-state index in [1.54, 1.807) is 18.8 Å². The quantitative estimate of drug-likeness (QED) is 0.832. The summed E-state index contributed by atoms with van der Waals surface area (Å²) in [4.78, 5) is 12.1. The Balaban J connectivity index is 2.57. The minimum Gasteiger partial charge on any atom is -0.481 e. The molecule has 0 aliphatic carbocycles. The summed E-state index contributed by atoms with van der Waals surface area (Å²) in [5.41, 5.74) is 0. The number of thioether (sulfide) groups is 1. The van der Waals surface area contributed by atoms with Crippen LogP contribution in [0.1, 0.15) is 6.42 Å². The monoisotopic (exact) mass is 257 g/mol. The average Bonchev–Trinajstić information content (AvgIpc) is 2.63. The van der Waals surface area contributed by atoms with Crippen LogP contribution in [-0.4, -0.2) is 53.3 Å². The van der Waals surface area contributed by atoms with Crippen molar-refractivity contribution in [2.45, 2.75) is 18.6 Å². The van der Waals surface area contributed by atoms with Gasteiger partial charge in [-0.25, -0.2) is 0 Å². The van der Waals surface area contributed by atoms with E-state index in [0.29, 0.717) is 0 Å². The third kappa shape index (κ3) is 3.55. The molecule has 0 aromatic rings. The zero-order valence-corrected chi connectivity index (χ0v) is 9.64. The maximum Gasteiger partial charge on any atom is 0.403 e. The summed E-state index contributed by atoms with van der Waals surface area (Å²) in [5, 5.41) is 8.55. The van der Waals surface area contributed by atoms with Crippen molar-refractivity contribution in [1.29, 1.82) is 0 Å². The van der Waals surface area contributed by atoms with Gasteiger partial charge in [-0.15, -0.1) is 0 Å². The first kappa shape index (κ1) is 13.6. The van der Waals surface area contributed by atoms with E-state index in [1.165, 1.54) is 4.90 Å². The van der Waals surface area contributed by atoms with Crippen LogP contribution in [0.4, 0.5) is 13.2 Å². The highest BCUT2D eigenvalue weighted by atomic mass is 32.2. The third-order valence-electron chi connectivity index (χ3n) is 2.69. The third-order valence-corrected chi connectivity index (χ3v) is 3.84. The van der Waals surface area contributed by atoms with Crippen molar-refractivity contribution in [2.75, 3.05) is 25.1 Å². The van der Waals surface area contributed by atoms with Gasteiger partial charge in [-0.3, -0.25) is 4.79 Å². The van der Waals surface area contributed by atoms with Crippen LogP contribution in [0.2, 0.25) is 0 Å². The van der Waals surface area contributed by atoms with Crippen molar-refractivity contribution in [3.63, 3.8) is 0 Å². The first-order chi connectivity index (χ1) is 7.32. The van der Waals surface area contributed by atoms with Gasteiger partial charge in [0, 0.05) is 18.3 Å². The molecule has 94 valence electrons. The molecule has 0 bridgehead atoms. The fraction of sp³-hybridized carbons (Fsp3) is 0.889. The highest BCUT2D eigenvalue weighted by Gasteiger charge is 2.46. The van der Waals surface area contributed by atoms with E-state index < -0.39 is 24.6 Å². The van der Waals surface area contributed by atoms with Crippen LogP contribution in [0.3, 0.4) is 0 Å². The Morgan fingerprint density at radius 1 is 1.62 bits per heavy atom. The predicted molar refractivity (Wildman–Crippen MR) is 55.5 cm³/mol. The molecule has 1 saturated heterocycles. The standard InChI is InChI=1S/C9H14F3NO2S/c1-13(6-2-3-16-5-6)4-7(8(14)15)9(10,11)12/h6-7H,2-5H2,1H3,(H,14,15). The summed E-state index contributed by atoms with van der Waals surface area (Å²) in [5.74, 6) is -2.38. The molecular formula is C9H14F3NO2S. The molecule has 1 rings (SSSR count). The number of rotatable bonds is 4. The van der Waals surface area contributed by atoms with E-state index in [4.69, 9.17) is 5.11 Å². The van der Waals surface area contributed by atoms with Crippen LogP contribution in [0.5, 0.6) is 0 Å². The van der Waals surface area contributed by atoms with Gasteiger partial charge in [0.2, 0.25) is 0 Å². The van der Waals surface area contributed by atoms with Crippen LogP contribution in [0.15, 0.2) is 0 Å². The Labute approximate surface area is 96.0 Å². The molecule has 2 unspecified atom stereocenters. The Bertz CT molecular complexity index is 254. The van der Waals surface area contributed by atoms with E-state index >= 15 is 0 Å². The summed E-state index contributed by atoms with van der Waals surface area (Å²) in [6, 6.07) is 0.0641. The van der Waals surface area contributed by atoms with Crippen molar-refractivity contribution in [3.05, 3.63) is 0 Å². The fourth-order valence-electron chi connectivity index (χ4n) is 1.63. The SMILES string of the molecule is CN(CC(C(=O)O)C(F)(F)F)C1CCSC1. The Morgan fingerprint density at radius 2 is 2.25 bits per heavy atom. The number of hydrogen-bond donors (Lipinski definition) is 1. The zero-order chi connectivity index (χ0) is 12.3. The average molecular weight is 257 g/mol. The lowest BCUT2D eigenvalue weighted by Crippen LogP contribution is -2.43. The van der Waals surface area contributed by atoms with E-state index in [1.807, 2.05) is 0 Å². The predicted octanol–water partition coefficient (Wildman–Crippen LogP) is 1.69. The van der Waals surface area contributed by atoms with Crippen molar-refractivity contribution in [2.24, 2.45) is 5.92 Å². The summed E-state index contributed by atoms with van der Waals surface area (Å²) < 4.78 is 37.2. The highest BCUT2D eigenvalue weighted by molar-refractivity contribution is 7.99. The van der Waals surface area contributed by atoms with Gasteiger partial charge in [0.25, 0.3) is 0 Å². The van der Waals surface area contributed by atoms with Crippen molar-refractivity contribution in [1.82, 2.24) is 4.90 Å². The highest BCUT2D eigenvalue weighted by Crippen LogP contribution is 2.29. The van der Waals surface area contributed by atoms with Crippen molar-refractivity contribution in [3.8, 4) is 0 Å². The lowest BCUT2D eigenvalue weighted by Gasteiger charge is -2.27. The maximum atomic E-state index is 12.4. The van der Waals surface area contributed by atoms with Gasteiger partial charge in [-0.05, 0) is 19.2 Å².